The van der Waals surface area contributed by atoms with Crippen molar-refractivity contribution < 1.29 is 14.3 Å². The van der Waals surface area contributed by atoms with Crippen molar-refractivity contribution in [2.75, 3.05) is 0 Å². The summed E-state index contributed by atoms with van der Waals surface area (Å²) in [5, 5.41) is 9.34. The molecule has 0 spiro atoms. The molecule has 0 amide bonds. The van der Waals surface area contributed by atoms with E-state index < -0.39 is 11.8 Å². The van der Waals surface area contributed by atoms with E-state index in [1.54, 1.807) is 6.92 Å². The van der Waals surface area contributed by atoms with Crippen molar-refractivity contribution in [2.24, 2.45) is 0 Å². The average Bonchev–Trinajstić information content (AvgIpc) is 2.28. The third kappa shape index (κ3) is 2.33. The van der Waals surface area contributed by atoms with Crippen LogP contribution in [0.5, 0.6) is 0 Å². The number of pyridine rings is 1. The molecule has 0 aliphatic carbocycles. The van der Waals surface area contributed by atoms with Gasteiger partial charge in [-0.25, -0.2) is 9.18 Å². The highest BCUT2D eigenvalue weighted by molar-refractivity contribution is 6.30. The van der Waals surface area contributed by atoms with Gasteiger partial charge in [0.2, 0.25) is 0 Å². The fourth-order valence-corrected chi connectivity index (χ4v) is 1.82. The largest absolute Gasteiger partial charge is 0.478 e. The first kappa shape index (κ1) is 12.5. The number of aromatic nitrogens is 1. The van der Waals surface area contributed by atoms with Crippen molar-refractivity contribution >= 4 is 17.6 Å². The van der Waals surface area contributed by atoms with E-state index in [-0.39, 0.29) is 16.1 Å². The van der Waals surface area contributed by atoms with E-state index in [1.807, 2.05) is 0 Å². The molecule has 0 saturated carbocycles. The topological polar surface area (TPSA) is 50.2 Å². The molecule has 18 heavy (non-hydrogen) atoms. The van der Waals surface area contributed by atoms with Gasteiger partial charge in [0.05, 0.1) is 5.56 Å². The van der Waals surface area contributed by atoms with E-state index in [9.17, 15) is 9.18 Å². The Balaban J connectivity index is 2.69. The number of halogens is 2. The minimum absolute atomic E-state index is 0.0400. The van der Waals surface area contributed by atoms with E-state index in [0.717, 1.165) is 6.07 Å². The number of nitrogens with zero attached hydrogens (tertiary/aromatic N) is 1. The van der Waals surface area contributed by atoms with Gasteiger partial charge in [0.25, 0.3) is 0 Å². The number of carboxylic acids is 1. The Labute approximate surface area is 108 Å². The quantitative estimate of drug-likeness (QED) is 0.903. The van der Waals surface area contributed by atoms with Crippen LogP contribution < -0.4 is 0 Å². The predicted molar refractivity (Wildman–Crippen MR) is 66.3 cm³/mol. The molecule has 0 fully saturated rings. The summed E-state index contributed by atoms with van der Waals surface area (Å²) in [6.45, 7) is 1.71. The van der Waals surface area contributed by atoms with Gasteiger partial charge in [-0.15, -0.1) is 0 Å². The van der Waals surface area contributed by atoms with Crippen LogP contribution in [-0.4, -0.2) is 16.1 Å². The summed E-state index contributed by atoms with van der Waals surface area (Å²) in [6.07, 6.45) is 1.22. The van der Waals surface area contributed by atoms with Gasteiger partial charge in [-0.2, -0.15) is 0 Å². The van der Waals surface area contributed by atoms with Gasteiger partial charge in [0, 0.05) is 28.0 Å². The molecule has 1 N–H and O–H groups in total. The number of carbonyl (C=O) groups is 1. The predicted octanol–water partition coefficient (Wildman–Crippen LogP) is 3.55. The lowest BCUT2D eigenvalue weighted by Gasteiger charge is -2.08. The monoisotopic (exact) mass is 265 g/mol. The summed E-state index contributed by atoms with van der Waals surface area (Å²) in [6, 6.07) is 5.66. The van der Waals surface area contributed by atoms with Crippen molar-refractivity contribution in [2.45, 2.75) is 6.92 Å². The van der Waals surface area contributed by atoms with Crippen LogP contribution in [0.3, 0.4) is 0 Å². The standard InChI is InChI=1S/C13H9ClFNO2/c1-7-4-10(11(6-16-7)13(17)18)9-3-2-8(14)5-12(9)15/h2-6H,1H3,(H,17,18). The molecule has 0 aliphatic rings. The number of hydrogen-bond donors (Lipinski definition) is 1. The highest BCUT2D eigenvalue weighted by Crippen LogP contribution is 2.28. The minimum Gasteiger partial charge on any atom is -0.478 e. The van der Waals surface area contributed by atoms with Crippen LogP contribution in [0.1, 0.15) is 16.1 Å². The Kier molecular flexibility index (Phi) is 3.30. The van der Waals surface area contributed by atoms with Gasteiger partial charge in [-0.05, 0) is 31.2 Å². The van der Waals surface area contributed by atoms with Crippen LogP contribution in [-0.2, 0) is 0 Å². The van der Waals surface area contributed by atoms with Crippen LogP contribution in [0, 0.1) is 12.7 Å². The Morgan fingerprint density at radius 1 is 1.33 bits per heavy atom. The molecule has 2 rings (SSSR count). The lowest BCUT2D eigenvalue weighted by Crippen LogP contribution is -2.02. The molecule has 1 aromatic heterocycles. The fraction of sp³-hybridized carbons (Fsp3) is 0.0769. The summed E-state index contributed by atoms with van der Waals surface area (Å²) >= 11 is 5.67. The molecule has 0 bridgehead atoms. The van der Waals surface area contributed by atoms with Crippen molar-refractivity contribution in [1.82, 2.24) is 4.98 Å². The summed E-state index contributed by atoms with van der Waals surface area (Å²) in [5.74, 6) is -1.71. The first-order valence-corrected chi connectivity index (χ1v) is 5.52. The van der Waals surface area contributed by atoms with E-state index in [4.69, 9.17) is 16.7 Å². The molecule has 1 aromatic carbocycles. The van der Waals surface area contributed by atoms with Crippen LogP contribution in [0.2, 0.25) is 5.02 Å². The maximum Gasteiger partial charge on any atom is 0.337 e. The molecule has 0 atom stereocenters. The SMILES string of the molecule is Cc1cc(-c2ccc(Cl)cc2F)c(C(=O)O)cn1. The molecule has 0 aliphatic heterocycles. The number of aromatic carboxylic acids is 1. The number of benzene rings is 1. The Hall–Kier alpha value is -1.94. The minimum atomic E-state index is -1.15. The third-order valence-corrected chi connectivity index (χ3v) is 2.73. The second-order valence-electron chi connectivity index (χ2n) is 3.80. The Bertz CT molecular complexity index is 628. The zero-order chi connectivity index (χ0) is 13.3. The molecular weight excluding hydrogens is 257 g/mol. The van der Waals surface area contributed by atoms with Crippen molar-refractivity contribution in [3.05, 3.63) is 52.6 Å². The van der Waals surface area contributed by atoms with Gasteiger partial charge >= 0.3 is 5.97 Å². The van der Waals surface area contributed by atoms with Gasteiger partial charge in [0.15, 0.2) is 0 Å². The highest BCUT2D eigenvalue weighted by Gasteiger charge is 2.15. The lowest BCUT2D eigenvalue weighted by molar-refractivity contribution is 0.0697. The molecular formula is C13H9ClFNO2. The van der Waals surface area contributed by atoms with E-state index in [0.29, 0.717) is 11.3 Å². The van der Waals surface area contributed by atoms with Crippen LogP contribution >= 0.6 is 11.6 Å². The second-order valence-corrected chi connectivity index (χ2v) is 4.24. The molecule has 1 heterocycles. The van der Waals surface area contributed by atoms with Crippen molar-refractivity contribution in [1.29, 1.82) is 0 Å². The zero-order valence-corrected chi connectivity index (χ0v) is 10.2. The molecule has 0 radical (unpaired) electrons. The smallest absolute Gasteiger partial charge is 0.337 e. The van der Waals surface area contributed by atoms with Gasteiger partial charge < -0.3 is 5.11 Å². The molecule has 2 aromatic rings. The van der Waals surface area contributed by atoms with Gasteiger partial charge in [-0.1, -0.05) is 11.6 Å². The molecule has 0 saturated heterocycles. The van der Waals surface area contributed by atoms with Crippen molar-refractivity contribution in [3.63, 3.8) is 0 Å². The second kappa shape index (κ2) is 4.74. The maximum atomic E-state index is 13.8. The molecule has 0 unspecified atom stereocenters. The van der Waals surface area contributed by atoms with Crippen LogP contribution in [0.15, 0.2) is 30.5 Å². The van der Waals surface area contributed by atoms with Crippen LogP contribution in [0.4, 0.5) is 4.39 Å². The number of rotatable bonds is 2. The summed E-state index contributed by atoms with van der Waals surface area (Å²) in [4.78, 5) is 15.0. The Morgan fingerprint density at radius 3 is 2.67 bits per heavy atom. The lowest BCUT2D eigenvalue weighted by atomic mass is 10.0. The van der Waals surface area contributed by atoms with Crippen LogP contribution in [0.25, 0.3) is 11.1 Å². The number of aryl methyl sites for hydroxylation is 1. The normalized spacial score (nSPS) is 10.4. The zero-order valence-electron chi connectivity index (χ0n) is 9.45. The molecule has 3 nitrogen and oxygen atoms in total. The highest BCUT2D eigenvalue weighted by atomic mass is 35.5. The average molecular weight is 266 g/mol. The first-order valence-electron chi connectivity index (χ1n) is 5.14. The summed E-state index contributed by atoms with van der Waals surface area (Å²) in [7, 11) is 0. The summed E-state index contributed by atoms with van der Waals surface area (Å²) in [5.41, 5.74) is 1.07. The first-order chi connectivity index (χ1) is 8.49. The number of hydrogen-bond acceptors (Lipinski definition) is 2. The fourth-order valence-electron chi connectivity index (χ4n) is 1.66. The maximum absolute atomic E-state index is 13.8. The number of carboxylic acid groups (broad SMARTS) is 1. The molecule has 92 valence electrons. The van der Waals surface area contributed by atoms with E-state index >= 15 is 0 Å². The Morgan fingerprint density at radius 2 is 2.06 bits per heavy atom. The molecule has 5 heteroatoms. The van der Waals surface area contributed by atoms with Crippen molar-refractivity contribution in [3.8, 4) is 11.1 Å². The van der Waals surface area contributed by atoms with E-state index in [1.165, 1.54) is 24.4 Å². The third-order valence-electron chi connectivity index (χ3n) is 2.49. The summed E-state index contributed by atoms with van der Waals surface area (Å²) < 4.78 is 13.8. The van der Waals surface area contributed by atoms with Gasteiger partial charge in [-0.3, -0.25) is 4.98 Å². The van der Waals surface area contributed by atoms with E-state index in [2.05, 4.69) is 4.98 Å². The van der Waals surface area contributed by atoms with Gasteiger partial charge in [0.1, 0.15) is 5.82 Å².